The molecule has 0 radical (unpaired) electrons. The van der Waals surface area contributed by atoms with Gasteiger partial charge >= 0.3 is 6.18 Å². The van der Waals surface area contributed by atoms with Gasteiger partial charge in [-0.25, -0.2) is 4.68 Å². The molecule has 1 atom stereocenters. The molecule has 0 bridgehead atoms. The molecule has 8 heteroatoms. The van der Waals surface area contributed by atoms with Gasteiger partial charge in [-0.3, -0.25) is 9.59 Å². The molecule has 1 aromatic heterocycles. The third-order valence-corrected chi connectivity index (χ3v) is 4.69. The highest BCUT2D eigenvalue weighted by Crippen LogP contribution is 2.33. The van der Waals surface area contributed by atoms with E-state index in [1.807, 2.05) is 6.08 Å². The van der Waals surface area contributed by atoms with Crippen molar-refractivity contribution in [3.8, 4) is 5.69 Å². The summed E-state index contributed by atoms with van der Waals surface area (Å²) >= 11 is 0. The van der Waals surface area contributed by atoms with E-state index in [2.05, 4.69) is 16.5 Å². The number of hydrogen-bond donors (Lipinski definition) is 1. The zero-order valence-corrected chi connectivity index (χ0v) is 15.3. The first-order valence-corrected chi connectivity index (χ1v) is 8.98. The number of nitrogens with one attached hydrogen (secondary N) is 1. The molecule has 148 valence electrons. The number of halogens is 3. The van der Waals surface area contributed by atoms with Gasteiger partial charge in [-0.05, 0) is 44.2 Å². The largest absolute Gasteiger partial charge is 0.418 e. The van der Waals surface area contributed by atoms with Gasteiger partial charge in [0.2, 0.25) is 5.43 Å². The topological polar surface area (TPSA) is 64.0 Å². The van der Waals surface area contributed by atoms with Crippen LogP contribution in [-0.4, -0.2) is 22.2 Å². The zero-order chi connectivity index (χ0) is 20.3. The standard InChI is InChI=1S/C20H20F3N3O2/c1-13-11-17(27)18(19(28)24-12-14-7-3-2-4-8-14)25-26(13)16-10-6-5-9-15(16)20(21,22)23/h2-3,5-6,9-11,14H,4,7-8,12H2,1H3,(H,24,28). The van der Waals surface area contributed by atoms with E-state index >= 15 is 0 Å². The number of alkyl halides is 3. The van der Waals surface area contributed by atoms with Gasteiger partial charge < -0.3 is 5.32 Å². The lowest BCUT2D eigenvalue weighted by molar-refractivity contribution is -0.137. The van der Waals surface area contributed by atoms with Crippen LogP contribution < -0.4 is 10.7 Å². The molecule has 1 unspecified atom stereocenters. The minimum Gasteiger partial charge on any atom is -0.350 e. The highest BCUT2D eigenvalue weighted by molar-refractivity contribution is 5.92. The number of nitrogens with zero attached hydrogens (tertiary/aromatic N) is 2. The Hall–Kier alpha value is -2.90. The quantitative estimate of drug-likeness (QED) is 0.810. The number of allylic oxidation sites excluding steroid dienone is 2. The number of carbonyl (C=O) groups excluding carboxylic acids is 1. The van der Waals surface area contributed by atoms with E-state index in [0.29, 0.717) is 6.54 Å². The van der Waals surface area contributed by atoms with Crippen LogP contribution in [-0.2, 0) is 6.18 Å². The molecule has 1 amide bonds. The fourth-order valence-electron chi connectivity index (χ4n) is 3.21. The Labute approximate surface area is 159 Å². The molecule has 28 heavy (non-hydrogen) atoms. The van der Waals surface area contributed by atoms with Crippen molar-refractivity contribution in [1.29, 1.82) is 0 Å². The van der Waals surface area contributed by atoms with Crippen molar-refractivity contribution < 1.29 is 18.0 Å². The Morgan fingerprint density at radius 2 is 2.04 bits per heavy atom. The maximum Gasteiger partial charge on any atom is 0.418 e. The van der Waals surface area contributed by atoms with Gasteiger partial charge in [0, 0.05) is 18.3 Å². The first kappa shape index (κ1) is 19.9. The fraction of sp³-hybridized carbons (Fsp3) is 0.350. The lowest BCUT2D eigenvalue weighted by Gasteiger charge is -2.19. The van der Waals surface area contributed by atoms with Gasteiger partial charge in [-0.15, -0.1) is 0 Å². The van der Waals surface area contributed by atoms with E-state index in [-0.39, 0.29) is 17.3 Å². The fourth-order valence-corrected chi connectivity index (χ4v) is 3.21. The molecule has 1 N–H and O–H groups in total. The maximum atomic E-state index is 13.3. The summed E-state index contributed by atoms with van der Waals surface area (Å²) in [5.74, 6) is -0.412. The van der Waals surface area contributed by atoms with Crippen molar-refractivity contribution in [1.82, 2.24) is 15.1 Å². The number of para-hydroxylation sites is 1. The molecule has 2 aromatic rings. The van der Waals surface area contributed by atoms with Gasteiger partial charge in [-0.2, -0.15) is 18.3 Å². The molecule has 0 aliphatic heterocycles. The lowest BCUT2D eigenvalue weighted by atomic mass is 9.94. The van der Waals surface area contributed by atoms with E-state index in [1.54, 1.807) is 0 Å². The van der Waals surface area contributed by atoms with Crippen LogP contribution >= 0.6 is 0 Å². The number of hydrogen-bond acceptors (Lipinski definition) is 3. The molecule has 0 saturated carbocycles. The van der Waals surface area contributed by atoms with Crippen LogP contribution in [0.3, 0.4) is 0 Å². The van der Waals surface area contributed by atoms with Gasteiger partial charge in [-0.1, -0.05) is 24.3 Å². The van der Waals surface area contributed by atoms with E-state index in [0.717, 1.165) is 36.1 Å². The van der Waals surface area contributed by atoms with E-state index in [9.17, 15) is 22.8 Å². The summed E-state index contributed by atoms with van der Waals surface area (Å²) < 4.78 is 41.0. The van der Waals surface area contributed by atoms with Crippen molar-refractivity contribution in [2.75, 3.05) is 6.54 Å². The number of rotatable bonds is 4. The molecular formula is C20H20F3N3O2. The van der Waals surface area contributed by atoms with E-state index in [4.69, 9.17) is 0 Å². The number of benzene rings is 1. The number of carbonyl (C=O) groups is 1. The zero-order valence-electron chi connectivity index (χ0n) is 15.3. The maximum absolute atomic E-state index is 13.3. The number of amides is 1. The average molecular weight is 391 g/mol. The second-order valence-corrected chi connectivity index (χ2v) is 6.79. The lowest BCUT2D eigenvalue weighted by Crippen LogP contribution is -2.35. The molecular weight excluding hydrogens is 371 g/mol. The van der Waals surface area contributed by atoms with Crippen LogP contribution in [0.15, 0.2) is 47.3 Å². The Balaban J connectivity index is 1.92. The van der Waals surface area contributed by atoms with Crippen LogP contribution in [0.1, 0.15) is 41.0 Å². The third-order valence-electron chi connectivity index (χ3n) is 4.69. The van der Waals surface area contributed by atoms with Crippen molar-refractivity contribution >= 4 is 5.91 Å². The summed E-state index contributed by atoms with van der Waals surface area (Å²) in [4.78, 5) is 24.7. The summed E-state index contributed by atoms with van der Waals surface area (Å²) in [5.41, 5.74) is -1.97. The van der Waals surface area contributed by atoms with Crippen LogP contribution in [0.2, 0.25) is 0 Å². The predicted octanol–water partition coefficient (Wildman–Crippen LogP) is 3.65. The molecule has 0 spiro atoms. The van der Waals surface area contributed by atoms with Crippen LogP contribution in [0, 0.1) is 12.8 Å². The SMILES string of the molecule is Cc1cc(=O)c(C(=O)NCC2CC=CCC2)nn1-c1ccccc1C(F)(F)F. The monoisotopic (exact) mass is 391 g/mol. The third kappa shape index (κ3) is 4.32. The Kier molecular flexibility index (Phi) is 5.67. The molecule has 1 aliphatic carbocycles. The van der Waals surface area contributed by atoms with Crippen LogP contribution in [0.5, 0.6) is 0 Å². The highest BCUT2D eigenvalue weighted by Gasteiger charge is 2.34. The average Bonchev–Trinajstić information content (AvgIpc) is 2.66. The second kappa shape index (κ2) is 8.00. The summed E-state index contributed by atoms with van der Waals surface area (Å²) in [6.45, 7) is 1.86. The summed E-state index contributed by atoms with van der Waals surface area (Å²) in [6.07, 6.45) is 2.24. The van der Waals surface area contributed by atoms with Gasteiger partial charge in [0.05, 0.1) is 11.3 Å². The molecule has 5 nitrogen and oxygen atoms in total. The first-order valence-electron chi connectivity index (χ1n) is 8.98. The highest BCUT2D eigenvalue weighted by atomic mass is 19.4. The minimum absolute atomic E-state index is 0.204. The smallest absolute Gasteiger partial charge is 0.350 e. The van der Waals surface area contributed by atoms with Gasteiger partial charge in [0.15, 0.2) is 5.69 Å². The predicted molar refractivity (Wildman–Crippen MR) is 98.4 cm³/mol. The van der Waals surface area contributed by atoms with Gasteiger partial charge in [0.1, 0.15) is 0 Å². The second-order valence-electron chi connectivity index (χ2n) is 6.79. The van der Waals surface area contributed by atoms with Crippen molar-refractivity contribution in [2.24, 2.45) is 5.92 Å². The molecule has 1 aliphatic rings. The number of aryl methyl sites for hydroxylation is 1. The van der Waals surface area contributed by atoms with E-state index < -0.39 is 28.8 Å². The van der Waals surface area contributed by atoms with E-state index in [1.165, 1.54) is 25.1 Å². The van der Waals surface area contributed by atoms with Gasteiger partial charge in [0.25, 0.3) is 5.91 Å². The molecule has 1 aromatic carbocycles. The Bertz CT molecular complexity index is 964. The molecule has 3 rings (SSSR count). The molecule has 1 heterocycles. The minimum atomic E-state index is -4.59. The van der Waals surface area contributed by atoms with Crippen LogP contribution in [0.25, 0.3) is 5.69 Å². The molecule has 0 fully saturated rings. The summed E-state index contributed by atoms with van der Waals surface area (Å²) in [6, 6.07) is 6.03. The van der Waals surface area contributed by atoms with Crippen molar-refractivity contribution in [3.05, 3.63) is 69.7 Å². The first-order chi connectivity index (χ1) is 13.3. The summed E-state index contributed by atoms with van der Waals surface area (Å²) in [7, 11) is 0. The summed E-state index contributed by atoms with van der Waals surface area (Å²) in [5, 5.41) is 6.64. The van der Waals surface area contributed by atoms with Crippen molar-refractivity contribution in [2.45, 2.75) is 32.4 Å². The molecule has 0 saturated heterocycles. The number of aromatic nitrogens is 2. The normalized spacial score (nSPS) is 16.8. The Morgan fingerprint density at radius 1 is 1.29 bits per heavy atom. The Morgan fingerprint density at radius 3 is 2.71 bits per heavy atom. The van der Waals surface area contributed by atoms with Crippen molar-refractivity contribution in [3.63, 3.8) is 0 Å². The van der Waals surface area contributed by atoms with Crippen LogP contribution in [0.4, 0.5) is 13.2 Å².